The van der Waals surface area contributed by atoms with Gasteiger partial charge in [0.15, 0.2) is 11.0 Å². The lowest BCUT2D eigenvalue weighted by Gasteiger charge is -2.19. The monoisotopic (exact) mass is 385 g/mol. The Bertz CT molecular complexity index is 911. The van der Waals surface area contributed by atoms with Crippen molar-refractivity contribution in [2.24, 2.45) is 0 Å². The summed E-state index contributed by atoms with van der Waals surface area (Å²) < 4.78 is 12.8. The highest BCUT2D eigenvalue weighted by Crippen LogP contribution is 2.27. The molecule has 0 unspecified atom stereocenters. The molecule has 0 saturated carbocycles. The molecule has 2 aromatic heterocycles. The van der Waals surface area contributed by atoms with E-state index in [2.05, 4.69) is 10.2 Å². The second-order valence-corrected chi connectivity index (χ2v) is 8.10. The molecule has 3 aromatic rings. The predicted molar refractivity (Wildman–Crippen MR) is 105 cm³/mol. The molecule has 0 amide bonds. The van der Waals surface area contributed by atoms with Crippen LogP contribution in [0.4, 0.5) is 0 Å². The van der Waals surface area contributed by atoms with Crippen LogP contribution in [-0.4, -0.2) is 32.1 Å². The highest BCUT2D eigenvalue weighted by molar-refractivity contribution is 7.99. The van der Waals surface area contributed by atoms with Gasteiger partial charge in [0.1, 0.15) is 11.4 Å². The normalized spacial score (nSPS) is 11.6. The van der Waals surface area contributed by atoms with Crippen LogP contribution in [0, 0.1) is 6.92 Å². The van der Waals surface area contributed by atoms with E-state index in [1.54, 1.807) is 6.26 Å². The Kier molecular flexibility index (Phi) is 5.70. The van der Waals surface area contributed by atoms with E-state index in [0.717, 1.165) is 22.7 Å². The molecule has 2 heterocycles. The number of hydrogen-bond donors (Lipinski definition) is 0. The topological polar surface area (TPSA) is 70.2 Å². The molecule has 142 valence electrons. The van der Waals surface area contributed by atoms with E-state index in [9.17, 15) is 4.79 Å². The number of thioether (sulfide) groups is 1. The van der Waals surface area contributed by atoms with Gasteiger partial charge in [-0.3, -0.25) is 9.36 Å². The van der Waals surface area contributed by atoms with Gasteiger partial charge in [-0.25, -0.2) is 0 Å². The van der Waals surface area contributed by atoms with Crippen LogP contribution in [0.1, 0.15) is 32.1 Å². The van der Waals surface area contributed by atoms with E-state index >= 15 is 0 Å². The lowest BCUT2D eigenvalue weighted by molar-refractivity contribution is -0.151. The Morgan fingerprint density at radius 1 is 1.19 bits per heavy atom. The van der Waals surface area contributed by atoms with Crippen molar-refractivity contribution >= 4 is 17.7 Å². The number of aromatic nitrogens is 3. The molecule has 0 atom stereocenters. The van der Waals surface area contributed by atoms with E-state index in [1.807, 2.05) is 68.7 Å². The Labute approximate surface area is 162 Å². The van der Waals surface area contributed by atoms with Crippen molar-refractivity contribution in [3.8, 4) is 11.4 Å². The number of carbonyl (C=O) groups excluding carboxylic acids is 1. The molecular weight excluding hydrogens is 362 g/mol. The quantitative estimate of drug-likeness (QED) is 0.465. The van der Waals surface area contributed by atoms with Crippen LogP contribution in [0.2, 0.25) is 0 Å². The number of carbonyl (C=O) groups is 1. The van der Waals surface area contributed by atoms with Crippen LogP contribution in [0.25, 0.3) is 11.4 Å². The van der Waals surface area contributed by atoms with E-state index in [1.165, 1.54) is 11.8 Å². The second-order valence-electron chi connectivity index (χ2n) is 7.16. The van der Waals surface area contributed by atoms with Gasteiger partial charge < -0.3 is 9.15 Å². The fourth-order valence-electron chi connectivity index (χ4n) is 2.61. The molecule has 0 aliphatic heterocycles. The smallest absolute Gasteiger partial charge is 0.316 e. The Hall–Kier alpha value is -2.54. The first-order valence-corrected chi connectivity index (χ1v) is 9.68. The third-order valence-corrected chi connectivity index (χ3v) is 4.68. The van der Waals surface area contributed by atoms with Crippen molar-refractivity contribution in [2.75, 3.05) is 5.75 Å². The summed E-state index contributed by atoms with van der Waals surface area (Å²) in [7, 11) is 0. The maximum Gasteiger partial charge on any atom is 0.316 e. The number of furan rings is 1. The van der Waals surface area contributed by atoms with Gasteiger partial charge >= 0.3 is 5.97 Å². The maximum atomic E-state index is 12.1. The van der Waals surface area contributed by atoms with Crippen molar-refractivity contribution in [3.63, 3.8) is 0 Å². The van der Waals surface area contributed by atoms with Gasteiger partial charge in [0.05, 0.1) is 18.6 Å². The SMILES string of the molecule is Cc1ccccc1-c1nnc(SCC(=O)OC(C)(C)C)n1Cc1ccco1. The summed E-state index contributed by atoms with van der Waals surface area (Å²) in [5, 5.41) is 9.34. The summed E-state index contributed by atoms with van der Waals surface area (Å²) in [5.74, 6) is 1.43. The zero-order valence-electron chi connectivity index (χ0n) is 15.9. The summed E-state index contributed by atoms with van der Waals surface area (Å²) in [6.07, 6.45) is 1.64. The average Bonchev–Trinajstić information content (AvgIpc) is 3.23. The number of aryl methyl sites for hydroxylation is 1. The zero-order chi connectivity index (χ0) is 19.4. The fourth-order valence-corrected chi connectivity index (χ4v) is 3.33. The summed E-state index contributed by atoms with van der Waals surface area (Å²) >= 11 is 1.31. The van der Waals surface area contributed by atoms with Crippen molar-refractivity contribution < 1.29 is 13.9 Å². The molecule has 0 radical (unpaired) electrons. The fraction of sp³-hybridized carbons (Fsp3) is 0.350. The van der Waals surface area contributed by atoms with Crippen LogP contribution in [-0.2, 0) is 16.1 Å². The Morgan fingerprint density at radius 2 is 1.96 bits per heavy atom. The number of ether oxygens (including phenoxy) is 1. The zero-order valence-corrected chi connectivity index (χ0v) is 16.7. The molecule has 0 aliphatic carbocycles. The molecule has 3 rings (SSSR count). The van der Waals surface area contributed by atoms with Crippen LogP contribution >= 0.6 is 11.8 Å². The van der Waals surface area contributed by atoms with Crippen molar-refractivity contribution in [1.29, 1.82) is 0 Å². The first kappa shape index (κ1) is 19.2. The summed E-state index contributed by atoms with van der Waals surface area (Å²) in [5.41, 5.74) is 1.60. The van der Waals surface area contributed by atoms with Crippen molar-refractivity contribution in [1.82, 2.24) is 14.8 Å². The minimum atomic E-state index is -0.508. The molecule has 1 aromatic carbocycles. The van der Waals surface area contributed by atoms with E-state index in [-0.39, 0.29) is 11.7 Å². The summed E-state index contributed by atoms with van der Waals surface area (Å²) in [6, 6.07) is 11.8. The van der Waals surface area contributed by atoms with Gasteiger partial charge in [-0.1, -0.05) is 36.0 Å². The van der Waals surface area contributed by atoms with E-state index < -0.39 is 5.60 Å². The number of esters is 1. The molecule has 0 N–H and O–H groups in total. The lowest BCUT2D eigenvalue weighted by Crippen LogP contribution is -2.25. The molecule has 0 bridgehead atoms. The van der Waals surface area contributed by atoms with Gasteiger partial charge in [0, 0.05) is 5.56 Å². The first-order chi connectivity index (χ1) is 12.8. The highest BCUT2D eigenvalue weighted by Gasteiger charge is 2.20. The average molecular weight is 385 g/mol. The third-order valence-electron chi connectivity index (χ3n) is 3.74. The minimum absolute atomic E-state index is 0.168. The van der Waals surface area contributed by atoms with Crippen LogP contribution in [0.15, 0.2) is 52.2 Å². The molecule has 0 spiro atoms. The van der Waals surface area contributed by atoms with Gasteiger partial charge in [-0.2, -0.15) is 0 Å². The number of benzene rings is 1. The minimum Gasteiger partial charge on any atom is -0.467 e. The van der Waals surface area contributed by atoms with Gasteiger partial charge in [-0.15, -0.1) is 10.2 Å². The molecule has 6 nitrogen and oxygen atoms in total. The number of nitrogens with zero attached hydrogens (tertiary/aromatic N) is 3. The van der Waals surface area contributed by atoms with E-state index in [4.69, 9.17) is 9.15 Å². The van der Waals surface area contributed by atoms with Gasteiger partial charge in [0.25, 0.3) is 0 Å². The molecule has 27 heavy (non-hydrogen) atoms. The number of rotatable bonds is 6. The molecule has 0 aliphatic rings. The van der Waals surface area contributed by atoms with E-state index in [0.29, 0.717) is 11.7 Å². The third kappa shape index (κ3) is 5.01. The predicted octanol–water partition coefficient (Wildman–Crippen LogP) is 4.33. The Balaban J connectivity index is 1.87. The summed E-state index contributed by atoms with van der Waals surface area (Å²) in [6.45, 7) is 8.08. The molecule has 7 heteroatoms. The summed E-state index contributed by atoms with van der Waals surface area (Å²) in [4.78, 5) is 12.1. The van der Waals surface area contributed by atoms with Gasteiger partial charge in [0.2, 0.25) is 0 Å². The first-order valence-electron chi connectivity index (χ1n) is 8.70. The largest absolute Gasteiger partial charge is 0.467 e. The van der Waals surface area contributed by atoms with Crippen molar-refractivity contribution in [2.45, 2.75) is 45.0 Å². The Morgan fingerprint density at radius 3 is 2.63 bits per heavy atom. The second kappa shape index (κ2) is 8.00. The standard InChI is InChI=1S/C20H23N3O3S/c1-14-8-5-6-10-16(14)18-21-22-19(23(18)12-15-9-7-11-25-15)27-13-17(24)26-20(2,3)4/h5-11H,12-13H2,1-4H3. The van der Waals surface area contributed by atoms with Gasteiger partial charge in [-0.05, 0) is 45.4 Å². The van der Waals surface area contributed by atoms with Crippen LogP contribution in [0.5, 0.6) is 0 Å². The maximum absolute atomic E-state index is 12.1. The molecule has 0 fully saturated rings. The highest BCUT2D eigenvalue weighted by atomic mass is 32.2. The van der Waals surface area contributed by atoms with Crippen molar-refractivity contribution in [3.05, 3.63) is 54.0 Å². The lowest BCUT2D eigenvalue weighted by atomic mass is 10.1. The van der Waals surface area contributed by atoms with Crippen LogP contribution < -0.4 is 0 Å². The molecule has 0 saturated heterocycles. The van der Waals surface area contributed by atoms with Crippen LogP contribution in [0.3, 0.4) is 0 Å². The number of hydrogen-bond acceptors (Lipinski definition) is 6. The molecular formula is C20H23N3O3S.